The molecule has 0 aliphatic heterocycles. The number of nitrogens with two attached hydrogens (primary N) is 3. The van der Waals surface area contributed by atoms with Crippen molar-refractivity contribution in [3.05, 3.63) is 0 Å². The Bertz CT molecular complexity index is 110. The average Bonchev–Trinajstić information content (AvgIpc) is 2.19. The van der Waals surface area contributed by atoms with Crippen LogP contribution < -0.4 is 17.2 Å². The normalized spacial score (nSPS) is 11.6. The van der Waals surface area contributed by atoms with Gasteiger partial charge in [0.1, 0.15) is 0 Å². The van der Waals surface area contributed by atoms with E-state index in [-0.39, 0.29) is 6.61 Å². The largest absolute Gasteiger partial charge is 0.395 e. The highest BCUT2D eigenvalue weighted by molar-refractivity contribution is 4.62. The van der Waals surface area contributed by atoms with Gasteiger partial charge in [0.25, 0.3) is 0 Å². The molecular weight excluding hydrogens is 194 g/mol. The maximum Gasteiger partial charge on any atom is 0.0558 e. The van der Waals surface area contributed by atoms with Crippen LogP contribution in [0, 0.1) is 0 Å². The van der Waals surface area contributed by atoms with Crippen molar-refractivity contribution < 1.29 is 5.11 Å². The molecule has 0 spiro atoms. The first-order valence-electron chi connectivity index (χ1n) is 5.44. The average molecular weight is 219 g/mol. The zero-order valence-corrected chi connectivity index (χ0v) is 9.44. The van der Waals surface area contributed by atoms with Crippen LogP contribution in [0.4, 0.5) is 0 Å². The maximum absolute atomic E-state index is 8.89. The molecule has 0 aliphatic carbocycles. The number of rotatable bonds is 10. The molecule has 0 radical (unpaired) electrons. The Morgan fingerprint density at radius 1 is 0.733 bits per heavy atom. The minimum absolute atomic E-state index is 0.152. The lowest BCUT2D eigenvalue weighted by molar-refractivity contribution is 0.116. The first-order chi connectivity index (χ1) is 7.28. The van der Waals surface area contributed by atoms with Crippen LogP contribution >= 0.6 is 0 Å². The first-order valence-corrected chi connectivity index (χ1v) is 5.44. The Balaban J connectivity index is 3.93. The molecule has 0 bridgehead atoms. The van der Waals surface area contributed by atoms with Gasteiger partial charge in [-0.25, -0.2) is 0 Å². The Labute approximate surface area is 92.0 Å². The van der Waals surface area contributed by atoms with E-state index in [9.17, 15) is 0 Å². The molecule has 0 heterocycles. The molecule has 15 heavy (non-hydrogen) atoms. The molecule has 0 aromatic carbocycles. The van der Waals surface area contributed by atoms with Crippen LogP contribution in [-0.2, 0) is 0 Å². The minimum Gasteiger partial charge on any atom is -0.395 e. The van der Waals surface area contributed by atoms with Crippen LogP contribution in [0.15, 0.2) is 0 Å². The van der Waals surface area contributed by atoms with E-state index in [1.807, 2.05) is 0 Å². The monoisotopic (exact) mass is 219 g/mol. The van der Waals surface area contributed by atoms with Crippen molar-refractivity contribution in [1.29, 1.82) is 0 Å². The van der Waals surface area contributed by atoms with Gasteiger partial charge in [0.05, 0.1) is 13.3 Å². The van der Waals surface area contributed by atoms with Gasteiger partial charge in [-0.1, -0.05) is 0 Å². The van der Waals surface area contributed by atoms with Gasteiger partial charge >= 0.3 is 0 Å². The second kappa shape index (κ2) is 10.3. The Morgan fingerprint density at radius 3 is 1.47 bits per heavy atom. The van der Waals surface area contributed by atoms with E-state index in [4.69, 9.17) is 22.3 Å². The van der Waals surface area contributed by atoms with Crippen molar-refractivity contribution in [3.8, 4) is 0 Å². The summed E-state index contributed by atoms with van der Waals surface area (Å²) in [5.74, 6) is 0. The van der Waals surface area contributed by atoms with E-state index >= 15 is 0 Å². The summed E-state index contributed by atoms with van der Waals surface area (Å²) in [6, 6.07) is 0. The summed E-state index contributed by atoms with van der Waals surface area (Å²) in [6.07, 6.45) is 0. The van der Waals surface area contributed by atoms with Crippen molar-refractivity contribution in [2.45, 2.75) is 0 Å². The predicted molar refractivity (Wildman–Crippen MR) is 62.3 cm³/mol. The zero-order chi connectivity index (χ0) is 11.5. The summed E-state index contributed by atoms with van der Waals surface area (Å²) in [4.78, 5) is 4.27. The predicted octanol–water partition coefficient (Wildman–Crippen LogP) is -2.58. The van der Waals surface area contributed by atoms with Crippen molar-refractivity contribution in [2.75, 3.05) is 59.1 Å². The molecule has 0 saturated heterocycles. The summed E-state index contributed by atoms with van der Waals surface area (Å²) in [5, 5.41) is 8.89. The van der Waals surface area contributed by atoms with Crippen LogP contribution in [0.5, 0.6) is 0 Å². The Hall–Kier alpha value is -0.240. The Morgan fingerprint density at radius 2 is 1.13 bits per heavy atom. The van der Waals surface area contributed by atoms with Crippen LogP contribution in [0.1, 0.15) is 0 Å². The van der Waals surface area contributed by atoms with Gasteiger partial charge in [0, 0.05) is 45.8 Å². The third kappa shape index (κ3) is 7.66. The van der Waals surface area contributed by atoms with E-state index in [0.717, 1.165) is 26.3 Å². The van der Waals surface area contributed by atoms with Gasteiger partial charge in [0.2, 0.25) is 0 Å². The van der Waals surface area contributed by atoms with Crippen LogP contribution in [0.25, 0.3) is 0 Å². The quantitative estimate of drug-likeness (QED) is 0.301. The van der Waals surface area contributed by atoms with Crippen molar-refractivity contribution in [1.82, 2.24) is 9.80 Å². The van der Waals surface area contributed by atoms with Gasteiger partial charge in [-0.15, -0.1) is 0 Å². The molecule has 0 aliphatic rings. The van der Waals surface area contributed by atoms with E-state index in [0.29, 0.717) is 26.2 Å². The van der Waals surface area contributed by atoms with Gasteiger partial charge in [0.15, 0.2) is 0 Å². The summed E-state index contributed by atoms with van der Waals surface area (Å²) in [7, 11) is 0. The van der Waals surface area contributed by atoms with E-state index < -0.39 is 0 Å². The number of aliphatic hydroxyl groups excluding tert-OH is 1. The molecule has 0 rings (SSSR count). The summed E-state index contributed by atoms with van der Waals surface area (Å²) in [5.41, 5.74) is 16.5. The lowest BCUT2D eigenvalue weighted by atomic mass is 10.4. The maximum atomic E-state index is 8.89. The van der Waals surface area contributed by atoms with E-state index in [2.05, 4.69) is 9.80 Å². The number of aliphatic hydroxyl groups is 1. The molecule has 0 aromatic rings. The van der Waals surface area contributed by atoms with Crippen molar-refractivity contribution >= 4 is 0 Å². The molecule has 92 valence electrons. The molecule has 0 atom stereocenters. The standard InChI is InChI=1S/C9H25N5O/c10-1-4-13(5-2-11)9-14(6-3-12)7-8-15/h15H,1-12H2. The highest BCUT2D eigenvalue weighted by Crippen LogP contribution is 1.92. The second-order valence-corrected chi connectivity index (χ2v) is 3.47. The smallest absolute Gasteiger partial charge is 0.0558 e. The van der Waals surface area contributed by atoms with E-state index in [1.165, 1.54) is 0 Å². The third-order valence-corrected chi connectivity index (χ3v) is 2.15. The van der Waals surface area contributed by atoms with E-state index in [1.54, 1.807) is 0 Å². The SMILES string of the molecule is NCCN(CCN)CN(CCN)CCO. The van der Waals surface area contributed by atoms with Crippen molar-refractivity contribution in [3.63, 3.8) is 0 Å². The molecule has 6 nitrogen and oxygen atoms in total. The number of hydrogen-bond acceptors (Lipinski definition) is 6. The van der Waals surface area contributed by atoms with Crippen LogP contribution in [0.3, 0.4) is 0 Å². The van der Waals surface area contributed by atoms with Gasteiger partial charge < -0.3 is 22.3 Å². The molecular formula is C9H25N5O. The van der Waals surface area contributed by atoms with Gasteiger partial charge in [-0.05, 0) is 0 Å². The fourth-order valence-electron chi connectivity index (χ4n) is 1.48. The molecule has 0 saturated carbocycles. The molecule has 0 amide bonds. The highest BCUT2D eigenvalue weighted by Gasteiger charge is 2.08. The lowest BCUT2D eigenvalue weighted by Gasteiger charge is -2.29. The Kier molecular flexibility index (Phi) is 10.1. The van der Waals surface area contributed by atoms with Gasteiger partial charge in [-0.2, -0.15) is 0 Å². The summed E-state index contributed by atoms with van der Waals surface area (Å²) in [6.45, 7) is 5.83. The number of nitrogens with zero attached hydrogens (tertiary/aromatic N) is 2. The van der Waals surface area contributed by atoms with Crippen LogP contribution in [-0.4, -0.2) is 74.0 Å². The fourth-order valence-corrected chi connectivity index (χ4v) is 1.48. The molecule has 0 aromatic heterocycles. The van der Waals surface area contributed by atoms with Gasteiger partial charge in [-0.3, -0.25) is 9.80 Å². The van der Waals surface area contributed by atoms with Crippen molar-refractivity contribution in [2.24, 2.45) is 17.2 Å². The molecule has 0 fully saturated rings. The van der Waals surface area contributed by atoms with Crippen LogP contribution in [0.2, 0.25) is 0 Å². The number of hydrogen-bond donors (Lipinski definition) is 4. The molecule has 6 heteroatoms. The second-order valence-electron chi connectivity index (χ2n) is 3.47. The zero-order valence-electron chi connectivity index (χ0n) is 9.44. The topological polar surface area (TPSA) is 105 Å². The molecule has 0 unspecified atom stereocenters. The fraction of sp³-hybridized carbons (Fsp3) is 1.00. The first kappa shape index (κ1) is 14.8. The highest BCUT2D eigenvalue weighted by atomic mass is 16.3. The minimum atomic E-state index is 0.152. The molecule has 7 N–H and O–H groups in total. The summed E-state index contributed by atoms with van der Waals surface area (Å²) < 4.78 is 0. The lowest BCUT2D eigenvalue weighted by Crippen LogP contribution is -2.45. The third-order valence-electron chi connectivity index (χ3n) is 2.15. The summed E-state index contributed by atoms with van der Waals surface area (Å²) >= 11 is 0.